The van der Waals surface area contributed by atoms with Crippen LogP contribution in [0.5, 0.6) is 0 Å². The van der Waals surface area contributed by atoms with Crippen LogP contribution in [0.3, 0.4) is 0 Å². The lowest BCUT2D eigenvalue weighted by Gasteiger charge is -2.29. The van der Waals surface area contributed by atoms with E-state index in [1.807, 2.05) is 31.2 Å². The zero-order valence-corrected chi connectivity index (χ0v) is 15.9. The van der Waals surface area contributed by atoms with Crippen molar-refractivity contribution in [1.82, 2.24) is 5.32 Å². The Hall–Kier alpha value is -2.37. The van der Waals surface area contributed by atoms with Crippen molar-refractivity contribution in [2.24, 2.45) is 0 Å². The van der Waals surface area contributed by atoms with Gasteiger partial charge in [0.25, 0.3) is 0 Å². The van der Waals surface area contributed by atoms with Crippen LogP contribution in [0.25, 0.3) is 6.08 Å². The number of hydrogen-bond acceptors (Lipinski definition) is 3. The smallest absolute Gasteiger partial charge is 0.244 e. The summed E-state index contributed by atoms with van der Waals surface area (Å²) in [4.78, 5) is 14.3. The Morgan fingerprint density at radius 2 is 2.00 bits per heavy atom. The molecule has 1 fully saturated rings. The molecule has 0 saturated carbocycles. The fourth-order valence-corrected chi connectivity index (χ4v) is 3.17. The van der Waals surface area contributed by atoms with Gasteiger partial charge in [-0.1, -0.05) is 29.8 Å². The lowest BCUT2D eigenvalue weighted by molar-refractivity contribution is -0.117. The highest BCUT2D eigenvalue weighted by Crippen LogP contribution is 2.24. The van der Waals surface area contributed by atoms with Crippen LogP contribution >= 0.6 is 11.6 Å². The number of benzene rings is 2. The number of halogens is 2. The van der Waals surface area contributed by atoms with Crippen LogP contribution < -0.4 is 10.2 Å². The summed E-state index contributed by atoms with van der Waals surface area (Å²) < 4.78 is 19.4. The summed E-state index contributed by atoms with van der Waals surface area (Å²) in [7, 11) is 0. The molecule has 0 radical (unpaired) electrons. The first-order valence-electron chi connectivity index (χ1n) is 8.89. The first-order valence-corrected chi connectivity index (χ1v) is 9.27. The number of anilines is 1. The summed E-state index contributed by atoms with van der Waals surface area (Å²) in [6, 6.07) is 11.8. The van der Waals surface area contributed by atoms with E-state index in [2.05, 4.69) is 10.2 Å². The van der Waals surface area contributed by atoms with E-state index in [1.165, 1.54) is 18.2 Å². The number of rotatable bonds is 5. The summed E-state index contributed by atoms with van der Waals surface area (Å²) in [6.07, 6.45) is 3.09. The van der Waals surface area contributed by atoms with Gasteiger partial charge in [-0.25, -0.2) is 4.39 Å². The molecule has 1 atom stereocenters. The third-order valence-corrected chi connectivity index (χ3v) is 4.80. The molecule has 0 bridgehead atoms. The zero-order valence-electron chi connectivity index (χ0n) is 15.1. The number of amides is 1. The molecule has 6 heteroatoms. The van der Waals surface area contributed by atoms with Crippen LogP contribution in [0.2, 0.25) is 5.02 Å². The SMILES string of the molecule is CC(NC(=O)/C=C/c1ccccc1Cl)c1cc(F)cc(N2CCOCC2)c1. The van der Waals surface area contributed by atoms with Gasteiger partial charge >= 0.3 is 0 Å². The Bertz CT molecular complexity index is 835. The third-order valence-electron chi connectivity index (χ3n) is 4.46. The molecule has 0 aliphatic carbocycles. The predicted octanol–water partition coefficient (Wildman–Crippen LogP) is 4.21. The van der Waals surface area contributed by atoms with Gasteiger partial charge in [0.1, 0.15) is 5.82 Å². The molecule has 1 heterocycles. The summed E-state index contributed by atoms with van der Waals surface area (Å²) in [5, 5.41) is 3.44. The number of nitrogens with zero attached hydrogens (tertiary/aromatic N) is 1. The second-order valence-corrected chi connectivity index (χ2v) is 6.83. The summed E-state index contributed by atoms with van der Waals surface area (Å²) in [6.45, 7) is 4.55. The van der Waals surface area contributed by atoms with Crippen molar-refractivity contribution >= 4 is 29.3 Å². The number of carbonyl (C=O) groups is 1. The number of ether oxygens (including phenoxy) is 1. The van der Waals surface area contributed by atoms with Crippen molar-refractivity contribution in [3.05, 3.63) is 70.5 Å². The average Bonchev–Trinajstić information content (AvgIpc) is 2.67. The van der Waals surface area contributed by atoms with E-state index in [0.717, 1.165) is 29.9 Å². The van der Waals surface area contributed by atoms with E-state index >= 15 is 0 Å². The molecule has 1 amide bonds. The monoisotopic (exact) mass is 388 g/mol. The van der Waals surface area contributed by atoms with Crippen molar-refractivity contribution in [2.75, 3.05) is 31.2 Å². The van der Waals surface area contributed by atoms with Gasteiger partial charge in [0.15, 0.2) is 0 Å². The lowest BCUT2D eigenvalue weighted by Crippen LogP contribution is -2.36. The molecule has 1 aliphatic heterocycles. The van der Waals surface area contributed by atoms with Crippen LogP contribution in [0.1, 0.15) is 24.1 Å². The molecular formula is C21H22ClFN2O2. The van der Waals surface area contributed by atoms with E-state index in [0.29, 0.717) is 18.2 Å². The maximum absolute atomic E-state index is 14.1. The Kier molecular flexibility index (Phi) is 6.48. The van der Waals surface area contributed by atoms with E-state index in [4.69, 9.17) is 16.3 Å². The van der Waals surface area contributed by atoms with Crippen molar-refractivity contribution in [3.63, 3.8) is 0 Å². The normalized spacial score (nSPS) is 15.7. The Balaban J connectivity index is 1.68. The fourth-order valence-electron chi connectivity index (χ4n) is 2.97. The van der Waals surface area contributed by atoms with Crippen molar-refractivity contribution in [1.29, 1.82) is 0 Å². The first-order chi connectivity index (χ1) is 13.0. The van der Waals surface area contributed by atoms with Crippen LogP contribution in [0.4, 0.5) is 10.1 Å². The molecule has 1 unspecified atom stereocenters. The molecule has 1 saturated heterocycles. The van der Waals surface area contributed by atoms with Gasteiger partial charge in [-0.2, -0.15) is 0 Å². The standard InChI is InChI=1S/C21H22ClFN2O2/c1-15(24-21(26)7-6-16-4-2-3-5-20(16)22)17-12-18(23)14-19(13-17)25-8-10-27-11-9-25/h2-7,12-15H,8-11H2,1H3,(H,24,26)/b7-6+. The first kappa shape index (κ1) is 19.4. The van der Waals surface area contributed by atoms with Gasteiger partial charge in [0.2, 0.25) is 5.91 Å². The van der Waals surface area contributed by atoms with Gasteiger partial charge in [0.05, 0.1) is 19.3 Å². The highest BCUT2D eigenvalue weighted by atomic mass is 35.5. The van der Waals surface area contributed by atoms with Crippen molar-refractivity contribution in [2.45, 2.75) is 13.0 Å². The quantitative estimate of drug-likeness (QED) is 0.780. The molecule has 3 rings (SSSR count). The molecule has 1 aliphatic rings. The predicted molar refractivity (Wildman–Crippen MR) is 106 cm³/mol. The minimum Gasteiger partial charge on any atom is -0.378 e. The molecule has 142 valence electrons. The van der Waals surface area contributed by atoms with Gasteiger partial charge in [-0.3, -0.25) is 4.79 Å². The van der Waals surface area contributed by atoms with E-state index in [9.17, 15) is 9.18 Å². The highest BCUT2D eigenvalue weighted by Gasteiger charge is 2.15. The van der Waals surface area contributed by atoms with Crippen molar-refractivity contribution < 1.29 is 13.9 Å². The molecule has 1 N–H and O–H groups in total. The van der Waals surface area contributed by atoms with Crippen LogP contribution in [0, 0.1) is 5.82 Å². The largest absolute Gasteiger partial charge is 0.378 e. The van der Waals surface area contributed by atoms with Crippen LogP contribution in [0.15, 0.2) is 48.5 Å². The fraction of sp³-hybridized carbons (Fsp3) is 0.286. The summed E-state index contributed by atoms with van der Waals surface area (Å²) >= 11 is 6.08. The number of nitrogens with one attached hydrogen (secondary N) is 1. The zero-order chi connectivity index (χ0) is 19.2. The minimum absolute atomic E-state index is 0.264. The molecule has 27 heavy (non-hydrogen) atoms. The molecule has 2 aromatic carbocycles. The summed E-state index contributed by atoms with van der Waals surface area (Å²) in [5.41, 5.74) is 2.29. The number of hydrogen-bond donors (Lipinski definition) is 1. The Morgan fingerprint density at radius 3 is 2.74 bits per heavy atom. The van der Waals surface area contributed by atoms with Crippen molar-refractivity contribution in [3.8, 4) is 0 Å². The van der Waals surface area contributed by atoms with E-state index in [-0.39, 0.29) is 17.8 Å². The highest BCUT2D eigenvalue weighted by molar-refractivity contribution is 6.32. The topological polar surface area (TPSA) is 41.6 Å². The van der Waals surface area contributed by atoms with Crippen LogP contribution in [-0.4, -0.2) is 32.2 Å². The Morgan fingerprint density at radius 1 is 1.26 bits per heavy atom. The second kappa shape index (κ2) is 9.02. The number of carbonyl (C=O) groups excluding carboxylic acids is 1. The Labute approximate surface area is 163 Å². The van der Waals surface area contributed by atoms with E-state index in [1.54, 1.807) is 12.1 Å². The molecule has 0 aromatic heterocycles. The van der Waals surface area contributed by atoms with Gasteiger partial charge in [0, 0.05) is 29.9 Å². The third kappa shape index (κ3) is 5.31. The summed E-state index contributed by atoms with van der Waals surface area (Å²) in [5.74, 6) is -0.582. The molecule has 2 aromatic rings. The lowest BCUT2D eigenvalue weighted by atomic mass is 10.1. The molecule has 4 nitrogen and oxygen atoms in total. The number of morpholine rings is 1. The molecular weight excluding hydrogens is 367 g/mol. The average molecular weight is 389 g/mol. The maximum Gasteiger partial charge on any atom is 0.244 e. The van der Waals surface area contributed by atoms with Gasteiger partial charge in [-0.15, -0.1) is 0 Å². The minimum atomic E-state index is -0.330. The van der Waals surface area contributed by atoms with Gasteiger partial charge in [-0.05, 0) is 48.4 Å². The second-order valence-electron chi connectivity index (χ2n) is 6.43. The molecule has 0 spiro atoms. The maximum atomic E-state index is 14.1. The van der Waals surface area contributed by atoms with E-state index < -0.39 is 0 Å². The van der Waals surface area contributed by atoms with Gasteiger partial charge < -0.3 is 15.0 Å². The van der Waals surface area contributed by atoms with Crippen LogP contribution in [-0.2, 0) is 9.53 Å².